The summed E-state index contributed by atoms with van der Waals surface area (Å²) in [5.74, 6) is 1.57. The van der Waals surface area contributed by atoms with E-state index in [1.807, 2.05) is 18.2 Å². The van der Waals surface area contributed by atoms with Crippen molar-refractivity contribution < 1.29 is 4.74 Å². The third-order valence-corrected chi connectivity index (χ3v) is 4.19. The molecule has 0 unspecified atom stereocenters. The minimum Gasteiger partial charge on any atom is -0.456 e. The summed E-state index contributed by atoms with van der Waals surface area (Å²) in [5, 5.41) is 3.30. The summed E-state index contributed by atoms with van der Waals surface area (Å²) in [5.41, 5.74) is 3.30. The molecule has 2 aromatic rings. The number of nitrogens with zero attached hydrogens (tertiary/aromatic N) is 1. The van der Waals surface area contributed by atoms with Gasteiger partial charge in [0.05, 0.1) is 18.1 Å². The fourth-order valence-corrected chi connectivity index (χ4v) is 2.17. The van der Waals surface area contributed by atoms with E-state index in [0.29, 0.717) is 0 Å². The van der Waals surface area contributed by atoms with Crippen LogP contribution in [0.3, 0.4) is 0 Å². The minimum atomic E-state index is 0.743. The highest BCUT2D eigenvalue weighted by Gasteiger charge is 2.05. The molecule has 0 radical (unpaired) electrons. The average Bonchev–Trinajstić information content (AvgIpc) is 2.43. The van der Waals surface area contributed by atoms with Crippen LogP contribution in [0.5, 0.6) is 11.5 Å². The molecule has 0 bridgehead atoms. The predicted octanol–water partition coefficient (Wildman–Crippen LogP) is 5.08. The third kappa shape index (κ3) is 3.73. The Kier molecular flexibility index (Phi) is 5.01. The van der Waals surface area contributed by atoms with E-state index in [1.54, 1.807) is 12.4 Å². The van der Waals surface area contributed by atoms with E-state index in [-0.39, 0.29) is 0 Å². The zero-order valence-corrected chi connectivity index (χ0v) is 13.6. The molecule has 0 amide bonds. The van der Waals surface area contributed by atoms with Crippen molar-refractivity contribution >= 4 is 21.6 Å². The molecule has 1 heterocycles. The molecule has 0 saturated heterocycles. The van der Waals surface area contributed by atoms with Gasteiger partial charge in [-0.15, -0.1) is 0 Å². The second kappa shape index (κ2) is 6.75. The molecule has 3 nitrogen and oxygen atoms in total. The van der Waals surface area contributed by atoms with Crippen LogP contribution in [0.25, 0.3) is 0 Å². The van der Waals surface area contributed by atoms with Gasteiger partial charge in [-0.3, -0.25) is 4.98 Å². The van der Waals surface area contributed by atoms with E-state index >= 15 is 0 Å². The maximum atomic E-state index is 5.89. The number of aryl methyl sites for hydroxylation is 2. The maximum absolute atomic E-state index is 5.89. The van der Waals surface area contributed by atoms with Gasteiger partial charge in [0.25, 0.3) is 0 Å². The SMILES string of the molecule is CCCNc1cncc(Oc2cc(C)c(Br)c(C)c2)c1. The van der Waals surface area contributed by atoms with E-state index in [4.69, 9.17) is 4.74 Å². The molecule has 4 heteroatoms. The van der Waals surface area contributed by atoms with Crippen LogP contribution in [0.15, 0.2) is 35.1 Å². The molecule has 0 atom stereocenters. The van der Waals surface area contributed by atoms with E-state index in [1.165, 1.54) is 0 Å². The smallest absolute Gasteiger partial charge is 0.147 e. The van der Waals surface area contributed by atoms with Crippen LogP contribution in [0.4, 0.5) is 5.69 Å². The lowest BCUT2D eigenvalue weighted by atomic mass is 10.1. The highest BCUT2D eigenvalue weighted by atomic mass is 79.9. The van der Waals surface area contributed by atoms with E-state index in [2.05, 4.69) is 47.0 Å². The Bertz CT molecular complexity index is 576. The molecule has 1 aromatic heterocycles. The van der Waals surface area contributed by atoms with Crippen molar-refractivity contribution in [2.75, 3.05) is 11.9 Å². The second-order valence-electron chi connectivity index (χ2n) is 4.81. The number of hydrogen-bond acceptors (Lipinski definition) is 3. The topological polar surface area (TPSA) is 34.2 Å². The first-order valence-electron chi connectivity index (χ1n) is 6.73. The number of halogens is 1. The van der Waals surface area contributed by atoms with Gasteiger partial charge in [0.2, 0.25) is 0 Å². The lowest BCUT2D eigenvalue weighted by molar-refractivity contribution is 0.479. The lowest BCUT2D eigenvalue weighted by Crippen LogP contribution is -2.00. The van der Waals surface area contributed by atoms with Crippen molar-refractivity contribution in [3.63, 3.8) is 0 Å². The van der Waals surface area contributed by atoms with Crippen LogP contribution in [0.1, 0.15) is 24.5 Å². The number of aromatic nitrogens is 1. The summed E-state index contributed by atoms with van der Waals surface area (Å²) in [4.78, 5) is 4.20. The van der Waals surface area contributed by atoms with Crippen LogP contribution in [-0.2, 0) is 0 Å². The summed E-state index contributed by atoms with van der Waals surface area (Å²) in [7, 11) is 0. The van der Waals surface area contributed by atoms with Crippen molar-refractivity contribution in [2.45, 2.75) is 27.2 Å². The molecule has 1 aromatic carbocycles. The summed E-state index contributed by atoms with van der Waals surface area (Å²) in [6, 6.07) is 6.00. The van der Waals surface area contributed by atoms with Gasteiger partial charge in [-0.05, 0) is 43.5 Å². The fourth-order valence-electron chi connectivity index (χ4n) is 1.94. The van der Waals surface area contributed by atoms with Crippen molar-refractivity contribution in [3.8, 4) is 11.5 Å². The number of anilines is 1. The van der Waals surface area contributed by atoms with Crippen molar-refractivity contribution in [1.29, 1.82) is 0 Å². The predicted molar refractivity (Wildman–Crippen MR) is 86.7 cm³/mol. The van der Waals surface area contributed by atoms with Crippen molar-refractivity contribution in [3.05, 3.63) is 46.2 Å². The van der Waals surface area contributed by atoms with Crippen molar-refractivity contribution in [1.82, 2.24) is 4.98 Å². The molecule has 2 rings (SSSR count). The van der Waals surface area contributed by atoms with Gasteiger partial charge >= 0.3 is 0 Å². The normalized spacial score (nSPS) is 10.4. The Labute approximate surface area is 128 Å². The monoisotopic (exact) mass is 334 g/mol. The number of nitrogens with one attached hydrogen (secondary N) is 1. The molecule has 0 aliphatic heterocycles. The Morgan fingerprint density at radius 2 is 1.80 bits per heavy atom. The van der Waals surface area contributed by atoms with Crippen molar-refractivity contribution in [2.24, 2.45) is 0 Å². The zero-order valence-electron chi connectivity index (χ0n) is 12.0. The van der Waals surface area contributed by atoms with Crippen LogP contribution in [0.2, 0.25) is 0 Å². The van der Waals surface area contributed by atoms with Gasteiger partial charge in [-0.2, -0.15) is 0 Å². The molecule has 1 N–H and O–H groups in total. The molecule has 0 aliphatic rings. The number of hydrogen-bond donors (Lipinski definition) is 1. The molecule has 106 valence electrons. The van der Waals surface area contributed by atoms with Gasteiger partial charge in [0.15, 0.2) is 0 Å². The Hall–Kier alpha value is -1.55. The second-order valence-corrected chi connectivity index (χ2v) is 5.60. The van der Waals surface area contributed by atoms with Gasteiger partial charge in [0.1, 0.15) is 11.5 Å². The summed E-state index contributed by atoms with van der Waals surface area (Å²) in [6.45, 7) is 7.18. The number of rotatable bonds is 5. The first-order valence-corrected chi connectivity index (χ1v) is 7.53. The van der Waals surface area contributed by atoms with Gasteiger partial charge in [-0.1, -0.05) is 22.9 Å². The van der Waals surface area contributed by atoms with Gasteiger partial charge in [0, 0.05) is 17.1 Å². The fraction of sp³-hybridized carbons (Fsp3) is 0.312. The zero-order chi connectivity index (χ0) is 14.5. The quantitative estimate of drug-likeness (QED) is 0.828. The van der Waals surface area contributed by atoms with E-state index in [0.717, 1.165) is 45.8 Å². The largest absolute Gasteiger partial charge is 0.456 e. The number of ether oxygens (including phenoxy) is 1. The molecule has 0 spiro atoms. The molecular formula is C16H19BrN2O. The van der Waals surface area contributed by atoms with Crippen LogP contribution < -0.4 is 10.1 Å². The Morgan fingerprint density at radius 1 is 1.10 bits per heavy atom. The number of benzene rings is 1. The Balaban J connectivity index is 2.17. The summed E-state index contributed by atoms with van der Waals surface area (Å²) >= 11 is 3.56. The average molecular weight is 335 g/mol. The van der Waals surface area contributed by atoms with Crippen LogP contribution in [0, 0.1) is 13.8 Å². The maximum Gasteiger partial charge on any atom is 0.147 e. The van der Waals surface area contributed by atoms with E-state index < -0.39 is 0 Å². The van der Waals surface area contributed by atoms with Crippen LogP contribution >= 0.6 is 15.9 Å². The molecule has 0 aliphatic carbocycles. The molecule has 0 saturated carbocycles. The van der Waals surface area contributed by atoms with Gasteiger partial charge < -0.3 is 10.1 Å². The van der Waals surface area contributed by atoms with E-state index in [9.17, 15) is 0 Å². The van der Waals surface area contributed by atoms with Gasteiger partial charge in [-0.25, -0.2) is 0 Å². The third-order valence-electron chi connectivity index (χ3n) is 2.94. The highest BCUT2D eigenvalue weighted by molar-refractivity contribution is 9.10. The minimum absolute atomic E-state index is 0.743. The first kappa shape index (κ1) is 14.9. The highest BCUT2D eigenvalue weighted by Crippen LogP contribution is 2.29. The molecular weight excluding hydrogens is 316 g/mol. The standard InChI is InChI=1S/C16H19BrN2O/c1-4-5-19-13-8-15(10-18-9-13)20-14-6-11(2)16(17)12(3)7-14/h6-10,19H,4-5H2,1-3H3. The summed E-state index contributed by atoms with van der Waals surface area (Å²) in [6.07, 6.45) is 4.61. The lowest BCUT2D eigenvalue weighted by Gasteiger charge is -2.11. The molecule has 20 heavy (non-hydrogen) atoms. The first-order chi connectivity index (χ1) is 9.60. The summed E-state index contributed by atoms with van der Waals surface area (Å²) < 4.78 is 7.02. The molecule has 0 fully saturated rings. The number of pyridine rings is 1. The van der Waals surface area contributed by atoms with Crippen LogP contribution in [-0.4, -0.2) is 11.5 Å². The Morgan fingerprint density at radius 3 is 2.45 bits per heavy atom.